The molecule has 2 aliphatic heterocycles. The number of ether oxygens (including phenoxy) is 2. The molecule has 3 N–H and O–H groups in total. The number of nitrogens with one attached hydrogen (secondary N) is 1. The molecular formula is C15H24N4O5S. The number of nitrogens with zero attached hydrogens (tertiary/aromatic N) is 3. The summed E-state index contributed by atoms with van der Waals surface area (Å²) in [5.74, 6) is -0.129. The van der Waals surface area contributed by atoms with Crippen molar-refractivity contribution < 1.29 is 24.5 Å². The number of piperidine rings is 1. The third-order valence-corrected chi connectivity index (χ3v) is 5.51. The van der Waals surface area contributed by atoms with Crippen molar-refractivity contribution in [1.82, 2.24) is 15.1 Å². The quantitative estimate of drug-likeness (QED) is 0.639. The smallest absolute Gasteiger partial charge is 0.240 e. The predicted octanol–water partition coefficient (Wildman–Crippen LogP) is -0.400. The molecule has 2 atom stereocenters. The van der Waals surface area contributed by atoms with Gasteiger partial charge >= 0.3 is 0 Å². The van der Waals surface area contributed by atoms with Crippen molar-refractivity contribution in [2.45, 2.75) is 43.7 Å². The maximum absolute atomic E-state index is 12.2. The molecule has 1 amide bonds. The molecule has 0 unspecified atom stereocenters. The Balaban J connectivity index is 1.44. The van der Waals surface area contributed by atoms with E-state index in [1.165, 1.54) is 11.3 Å². The summed E-state index contributed by atoms with van der Waals surface area (Å²) in [6, 6.07) is 0. The van der Waals surface area contributed by atoms with Crippen LogP contribution in [-0.2, 0) is 20.9 Å². The highest BCUT2D eigenvalue weighted by Crippen LogP contribution is 2.35. The van der Waals surface area contributed by atoms with Crippen LogP contribution in [0.25, 0.3) is 0 Å². The summed E-state index contributed by atoms with van der Waals surface area (Å²) in [6.45, 7) is 2.24. The van der Waals surface area contributed by atoms with E-state index in [1.807, 2.05) is 0 Å². The molecule has 1 aromatic heterocycles. The van der Waals surface area contributed by atoms with Crippen molar-refractivity contribution in [3.05, 3.63) is 5.01 Å². The van der Waals surface area contributed by atoms with E-state index in [4.69, 9.17) is 9.47 Å². The van der Waals surface area contributed by atoms with Gasteiger partial charge < -0.3 is 19.7 Å². The normalized spacial score (nSPS) is 26.7. The molecule has 3 heterocycles. The molecular weight excluding hydrogens is 348 g/mol. The second kappa shape index (κ2) is 8.02. The number of hydrogen-bond donors (Lipinski definition) is 3. The van der Waals surface area contributed by atoms with Gasteiger partial charge in [-0.2, -0.15) is 0 Å². The van der Waals surface area contributed by atoms with Gasteiger partial charge in [-0.05, 0) is 12.8 Å². The second-order valence-electron chi connectivity index (χ2n) is 6.59. The van der Waals surface area contributed by atoms with E-state index in [9.17, 15) is 15.0 Å². The van der Waals surface area contributed by atoms with Crippen molar-refractivity contribution in [2.24, 2.45) is 0 Å². The van der Waals surface area contributed by atoms with Gasteiger partial charge in [0.1, 0.15) is 17.7 Å². The first-order valence-corrected chi connectivity index (χ1v) is 9.15. The van der Waals surface area contributed by atoms with Gasteiger partial charge in [-0.1, -0.05) is 11.3 Å². The minimum absolute atomic E-state index is 0.129. The number of methoxy groups -OCH3 is 1. The number of carbonyl (C=O) groups excluding carboxylic acids is 1. The average Bonchev–Trinajstić information content (AvgIpc) is 3.01. The summed E-state index contributed by atoms with van der Waals surface area (Å²) in [4.78, 5) is 14.2. The summed E-state index contributed by atoms with van der Waals surface area (Å²) in [5.41, 5.74) is -0.375. The van der Waals surface area contributed by atoms with Crippen molar-refractivity contribution in [3.8, 4) is 0 Å². The lowest BCUT2D eigenvalue weighted by molar-refractivity contribution is -0.187. The number of aliphatic hydroxyl groups is 2. The highest BCUT2D eigenvalue weighted by atomic mass is 32.1. The highest BCUT2D eigenvalue weighted by Gasteiger charge is 2.43. The molecule has 0 radical (unpaired) electrons. The van der Waals surface area contributed by atoms with Crippen LogP contribution < -0.4 is 5.32 Å². The fourth-order valence-corrected chi connectivity index (χ4v) is 3.99. The first kappa shape index (κ1) is 18.6. The van der Waals surface area contributed by atoms with Gasteiger partial charge in [-0.15, -0.1) is 10.2 Å². The first-order chi connectivity index (χ1) is 12.0. The average molecular weight is 372 g/mol. The van der Waals surface area contributed by atoms with E-state index in [0.717, 1.165) is 12.8 Å². The summed E-state index contributed by atoms with van der Waals surface area (Å²) in [6.07, 6.45) is 0.384. The lowest BCUT2D eigenvalue weighted by atomic mass is 9.82. The largest absolute Gasteiger partial charge is 0.390 e. The van der Waals surface area contributed by atoms with Gasteiger partial charge in [-0.3, -0.25) is 15.0 Å². The Kier molecular flexibility index (Phi) is 5.97. The lowest BCUT2D eigenvalue weighted by Crippen LogP contribution is -2.55. The third kappa shape index (κ3) is 4.72. The lowest BCUT2D eigenvalue weighted by Gasteiger charge is -2.46. The summed E-state index contributed by atoms with van der Waals surface area (Å²) in [7, 11) is 1.58. The van der Waals surface area contributed by atoms with Crippen LogP contribution in [0.2, 0.25) is 0 Å². The minimum atomic E-state index is -0.802. The fraction of sp³-hybridized carbons (Fsp3) is 0.800. The van der Waals surface area contributed by atoms with Crippen LogP contribution >= 0.6 is 11.3 Å². The third-order valence-electron chi connectivity index (χ3n) is 4.70. The van der Waals surface area contributed by atoms with Gasteiger partial charge in [-0.25, -0.2) is 0 Å². The molecule has 0 bridgehead atoms. The molecule has 2 aliphatic rings. The summed E-state index contributed by atoms with van der Waals surface area (Å²) in [5, 5.41) is 31.3. The number of likely N-dealkylation sites (tertiary alicyclic amines) is 1. The van der Waals surface area contributed by atoms with Crippen molar-refractivity contribution in [2.75, 3.05) is 38.7 Å². The molecule has 0 aromatic carbocycles. The molecule has 140 valence electrons. The van der Waals surface area contributed by atoms with Gasteiger partial charge in [0.15, 0.2) is 0 Å². The van der Waals surface area contributed by atoms with Gasteiger partial charge in [0.05, 0.1) is 24.9 Å². The van der Waals surface area contributed by atoms with Crippen molar-refractivity contribution >= 4 is 22.4 Å². The second-order valence-corrected chi connectivity index (χ2v) is 7.65. The molecule has 3 rings (SSSR count). The molecule has 25 heavy (non-hydrogen) atoms. The van der Waals surface area contributed by atoms with E-state index >= 15 is 0 Å². The zero-order chi connectivity index (χ0) is 17.9. The van der Waals surface area contributed by atoms with Crippen LogP contribution in [0.15, 0.2) is 0 Å². The Hall–Kier alpha value is -1.17. The number of carbonyl (C=O) groups is 1. The Morgan fingerprint density at radius 1 is 1.40 bits per heavy atom. The Labute approximate surface area is 149 Å². The molecule has 10 heteroatoms. The Morgan fingerprint density at radius 3 is 2.84 bits per heavy atom. The number of aliphatic hydroxyl groups excluding tert-OH is 2. The van der Waals surface area contributed by atoms with E-state index in [-0.39, 0.29) is 24.7 Å². The zero-order valence-electron chi connectivity index (χ0n) is 14.2. The highest BCUT2D eigenvalue weighted by molar-refractivity contribution is 7.15. The zero-order valence-corrected chi connectivity index (χ0v) is 15.0. The van der Waals surface area contributed by atoms with Crippen LogP contribution in [-0.4, -0.2) is 82.4 Å². The standard InChI is InChI=1S/C15H24N4O5S/c1-23-9-13-17-18-14(25-13)16-12(22)7-19-4-2-15(3-5-19)6-10(20)11(21)8-24-15/h10-11,20-21H,2-9H2,1H3,(H,16,18,22)/t10-,11+/m1/s1. The number of rotatable bonds is 5. The van der Waals surface area contributed by atoms with Gasteiger partial charge in [0.2, 0.25) is 11.0 Å². The van der Waals surface area contributed by atoms with Crippen molar-refractivity contribution in [3.63, 3.8) is 0 Å². The maximum Gasteiger partial charge on any atom is 0.240 e. The van der Waals surface area contributed by atoms with E-state index in [1.54, 1.807) is 7.11 Å². The fourth-order valence-electron chi connectivity index (χ4n) is 3.26. The monoisotopic (exact) mass is 372 g/mol. The minimum Gasteiger partial charge on any atom is -0.390 e. The van der Waals surface area contributed by atoms with Gasteiger partial charge in [0.25, 0.3) is 0 Å². The Bertz CT molecular complexity index is 590. The number of hydrogen-bond acceptors (Lipinski definition) is 9. The first-order valence-electron chi connectivity index (χ1n) is 8.33. The van der Waals surface area contributed by atoms with Crippen LogP contribution in [0.5, 0.6) is 0 Å². The molecule has 0 aliphatic carbocycles. The molecule has 1 aromatic rings. The number of anilines is 1. The van der Waals surface area contributed by atoms with E-state index in [0.29, 0.717) is 36.3 Å². The summed E-state index contributed by atoms with van der Waals surface area (Å²) >= 11 is 1.30. The molecule has 1 spiro atoms. The van der Waals surface area contributed by atoms with Crippen LogP contribution in [0.3, 0.4) is 0 Å². The van der Waals surface area contributed by atoms with Crippen LogP contribution in [0.1, 0.15) is 24.3 Å². The Morgan fingerprint density at radius 2 is 2.16 bits per heavy atom. The van der Waals surface area contributed by atoms with E-state index in [2.05, 4.69) is 20.4 Å². The SMILES string of the molecule is COCc1nnc(NC(=O)CN2CCC3(CC2)C[C@@H](O)[C@@H](O)CO3)s1. The van der Waals surface area contributed by atoms with Crippen molar-refractivity contribution in [1.29, 1.82) is 0 Å². The molecule has 9 nitrogen and oxygen atoms in total. The molecule has 2 fully saturated rings. The maximum atomic E-state index is 12.2. The van der Waals surface area contributed by atoms with E-state index < -0.39 is 12.2 Å². The number of amides is 1. The van der Waals surface area contributed by atoms with Gasteiger partial charge in [0, 0.05) is 26.6 Å². The molecule has 0 saturated carbocycles. The topological polar surface area (TPSA) is 117 Å². The van der Waals surface area contributed by atoms with Crippen LogP contribution in [0.4, 0.5) is 5.13 Å². The summed E-state index contributed by atoms with van der Waals surface area (Å²) < 4.78 is 10.8. The van der Waals surface area contributed by atoms with Crippen LogP contribution in [0, 0.1) is 0 Å². The predicted molar refractivity (Wildman–Crippen MR) is 90.2 cm³/mol. The number of aromatic nitrogens is 2. The molecule has 2 saturated heterocycles.